The summed E-state index contributed by atoms with van der Waals surface area (Å²) >= 11 is 0. The van der Waals surface area contributed by atoms with Crippen molar-refractivity contribution in [3.05, 3.63) is 54.2 Å². The molecule has 2 aromatic heterocycles. The summed E-state index contributed by atoms with van der Waals surface area (Å²) in [4.78, 5) is 9.31. The van der Waals surface area contributed by atoms with E-state index in [1.165, 1.54) is 5.56 Å². The molecule has 1 spiro atoms. The van der Waals surface area contributed by atoms with Crippen molar-refractivity contribution in [1.82, 2.24) is 14.8 Å². The minimum atomic E-state index is 0.200. The van der Waals surface area contributed by atoms with E-state index in [0.29, 0.717) is 5.92 Å². The molecular formula is C20H27N3O2. The van der Waals surface area contributed by atoms with Gasteiger partial charge in [-0.3, -0.25) is 14.8 Å². The molecule has 4 rings (SSSR count). The molecule has 0 N–H and O–H groups in total. The molecule has 0 aromatic carbocycles. The number of ether oxygens (including phenoxy) is 1. The third-order valence-corrected chi connectivity index (χ3v) is 5.68. The van der Waals surface area contributed by atoms with E-state index in [2.05, 4.69) is 33.8 Å². The SMILES string of the molecule is C[C@H]1CN(Cc2ccco2)C[C@@]12COCCN(Cc1cccnc1)C2. The molecule has 0 saturated carbocycles. The average molecular weight is 341 g/mol. The van der Waals surface area contributed by atoms with Gasteiger partial charge in [0.1, 0.15) is 5.76 Å². The first-order valence-corrected chi connectivity index (χ1v) is 9.17. The van der Waals surface area contributed by atoms with Gasteiger partial charge in [-0.05, 0) is 29.7 Å². The van der Waals surface area contributed by atoms with Crippen LogP contribution in [0.15, 0.2) is 47.3 Å². The van der Waals surface area contributed by atoms with E-state index in [0.717, 1.165) is 58.2 Å². The fourth-order valence-electron chi connectivity index (χ4n) is 4.31. The van der Waals surface area contributed by atoms with Gasteiger partial charge in [0.2, 0.25) is 0 Å². The Morgan fingerprint density at radius 1 is 1.20 bits per heavy atom. The van der Waals surface area contributed by atoms with Gasteiger partial charge in [0, 0.05) is 50.5 Å². The van der Waals surface area contributed by atoms with E-state index in [9.17, 15) is 0 Å². The van der Waals surface area contributed by atoms with Gasteiger partial charge in [0.05, 0.1) is 26.0 Å². The van der Waals surface area contributed by atoms with Crippen LogP contribution in [-0.2, 0) is 17.8 Å². The largest absolute Gasteiger partial charge is 0.468 e. The van der Waals surface area contributed by atoms with E-state index >= 15 is 0 Å². The van der Waals surface area contributed by atoms with Crippen molar-refractivity contribution in [2.75, 3.05) is 39.4 Å². The van der Waals surface area contributed by atoms with Crippen molar-refractivity contribution in [1.29, 1.82) is 0 Å². The fraction of sp³-hybridized carbons (Fsp3) is 0.550. The van der Waals surface area contributed by atoms with E-state index in [1.54, 1.807) is 6.26 Å². The zero-order chi connectivity index (χ0) is 17.1. The summed E-state index contributed by atoms with van der Waals surface area (Å²) in [7, 11) is 0. The molecule has 2 aliphatic rings. The molecule has 2 aliphatic heterocycles. The molecule has 2 atom stereocenters. The maximum Gasteiger partial charge on any atom is 0.117 e. The molecule has 0 aliphatic carbocycles. The zero-order valence-corrected chi connectivity index (χ0v) is 14.9. The minimum absolute atomic E-state index is 0.200. The lowest BCUT2D eigenvalue weighted by molar-refractivity contribution is 0.0497. The average Bonchev–Trinajstić information content (AvgIpc) is 3.15. The highest BCUT2D eigenvalue weighted by Crippen LogP contribution is 2.39. The molecule has 25 heavy (non-hydrogen) atoms. The second-order valence-corrected chi connectivity index (χ2v) is 7.64. The molecule has 2 fully saturated rings. The maximum atomic E-state index is 6.05. The van der Waals surface area contributed by atoms with Crippen LogP contribution in [0, 0.1) is 11.3 Å². The van der Waals surface area contributed by atoms with Crippen LogP contribution in [-0.4, -0.2) is 54.2 Å². The topological polar surface area (TPSA) is 41.7 Å². The fourth-order valence-corrected chi connectivity index (χ4v) is 4.31. The molecule has 0 amide bonds. The monoisotopic (exact) mass is 341 g/mol. The Kier molecular flexibility index (Phi) is 4.88. The van der Waals surface area contributed by atoms with Gasteiger partial charge < -0.3 is 9.15 Å². The molecule has 134 valence electrons. The van der Waals surface area contributed by atoms with Crippen LogP contribution in [0.2, 0.25) is 0 Å². The van der Waals surface area contributed by atoms with Gasteiger partial charge in [0.15, 0.2) is 0 Å². The number of likely N-dealkylation sites (tertiary alicyclic amines) is 1. The van der Waals surface area contributed by atoms with Gasteiger partial charge in [-0.15, -0.1) is 0 Å². The predicted octanol–water partition coefficient (Wildman–Crippen LogP) is 2.65. The molecule has 0 radical (unpaired) electrons. The summed E-state index contributed by atoms with van der Waals surface area (Å²) in [5.74, 6) is 1.66. The van der Waals surface area contributed by atoms with Gasteiger partial charge in [-0.2, -0.15) is 0 Å². The molecule has 0 unspecified atom stereocenters. The van der Waals surface area contributed by atoms with Crippen LogP contribution >= 0.6 is 0 Å². The second kappa shape index (κ2) is 7.28. The van der Waals surface area contributed by atoms with Crippen LogP contribution in [0.25, 0.3) is 0 Å². The first-order valence-electron chi connectivity index (χ1n) is 9.17. The van der Waals surface area contributed by atoms with Crippen LogP contribution in [0.4, 0.5) is 0 Å². The number of hydrogen-bond donors (Lipinski definition) is 0. The number of aromatic nitrogens is 1. The molecule has 2 saturated heterocycles. The standard InChI is InChI=1S/C20H27N3O2/c1-17-11-23(13-19-5-3-8-25-19)15-20(17)14-22(7-9-24-16-20)12-18-4-2-6-21-10-18/h2-6,8,10,17H,7,9,11-16H2,1H3/t17-,20-/m0/s1. The maximum absolute atomic E-state index is 6.05. The van der Waals surface area contributed by atoms with E-state index in [-0.39, 0.29) is 5.41 Å². The van der Waals surface area contributed by atoms with Gasteiger partial charge in [-0.25, -0.2) is 0 Å². The first-order chi connectivity index (χ1) is 12.2. The van der Waals surface area contributed by atoms with Crippen LogP contribution in [0.1, 0.15) is 18.2 Å². The summed E-state index contributed by atoms with van der Waals surface area (Å²) in [5, 5.41) is 0. The molecule has 0 bridgehead atoms. The van der Waals surface area contributed by atoms with E-state index in [4.69, 9.17) is 9.15 Å². The minimum Gasteiger partial charge on any atom is -0.468 e. The quantitative estimate of drug-likeness (QED) is 0.855. The molecule has 5 heteroatoms. The van der Waals surface area contributed by atoms with Crippen molar-refractivity contribution in [2.45, 2.75) is 20.0 Å². The lowest BCUT2D eigenvalue weighted by Gasteiger charge is -2.35. The Balaban J connectivity index is 1.45. The number of pyridine rings is 1. The predicted molar refractivity (Wildman–Crippen MR) is 95.9 cm³/mol. The van der Waals surface area contributed by atoms with Crippen molar-refractivity contribution >= 4 is 0 Å². The molecule has 5 nitrogen and oxygen atoms in total. The lowest BCUT2D eigenvalue weighted by Crippen LogP contribution is -2.43. The third kappa shape index (κ3) is 3.78. The van der Waals surface area contributed by atoms with Crippen LogP contribution < -0.4 is 0 Å². The molecule has 4 heterocycles. The van der Waals surface area contributed by atoms with Crippen molar-refractivity contribution in [2.24, 2.45) is 11.3 Å². The number of nitrogens with zero attached hydrogens (tertiary/aromatic N) is 3. The number of hydrogen-bond acceptors (Lipinski definition) is 5. The number of rotatable bonds is 4. The second-order valence-electron chi connectivity index (χ2n) is 7.64. The van der Waals surface area contributed by atoms with Gasteiger partial charge in [0.25, 0.3) is 0 Å². The van der Waals surface area contributed by atoms with Crippen molar-refractivity contribution < 1.29 is 9.15 Å². The van der Waals surface area contributed by atoms with Gasteiger partial charge >= 0.3 is 0 Å². The van der Waals surface area contributed by atoms with E-state index in [1.807, 2.05) is 24.5 Å². The van der Waals surface area contributed by atoms with Crippen LogP contribution in [0.5, 0.6) is 0 Å². The van der Waals surface area contributed by atoms with Crippen LogP contribution in [0.3, 0.4) is 0 Å². The summed E-state index contributed by atoms with van der Waals surface area (Å²) in [6.07, 6.45) is 5.57. The highest BCUT2D eigenvalue weighted by molar-refractivity contribution is 5.09. The number of furan rings is 1. The molecular weight excluding hydrogens is 314 g/mol. The Bertz CT molecular complexity index is 661. The van der Waals surface area contributed by atoms with Crippen molar-refractivity contribution in [3.63, 3.8) is 0 Å². The van der Waals surface area contributed by atoms with Gasteiger partial charge in [-0.1, -0.05) is 13.0 Å². The summed E-state index contributed by atoms with van der Waals surface area (Å²) in [6.45, 7) is 10.1. The summed E-state index contributed by atoms with van der Waals surface area (Å²) in [6, 6.07) is 8.21. The Morgan fingerprint density at radius 2 is 2.12 bits per heavy atom. The van der Waals surface area contributed by atoms with Crippen molar-refractivity contribution in [3.8, 4) is 0 Å². The Labute approximate surface area is 149 Å². The molecule has 2 aromatic rings. The third-order valence-electron chi connectivity index (χ3n) is 5.68. The lowest BCUT2D eigenvalue weighted by atomic mass is 9.79. The summed E-state index contributed by atoms with van der Waals surface area (Å²) in [5.41, 5.74) is 1.48. The smallest absolute Gasteiger partial charge is 0.117 e. The highest BCUT2D eigenvalue weighted by Gasteiger charge is 2.46. The normalized spacial score (nSPS) is 28.4. The highest BCUT2D eigenvalue weighted by atomic mass is 16.5. The zero-order valence-electron chi connectivity index (χ0n) is 14.9. The van der Waals surface area contributed by atoms with E-state index < -0.39 is 0 Å². The summed E-state index contributed by atoms with van der Waals surface area (Å²) < 4.78 is 11.6. The Morgan fingerprint density at radius 3 is 2.92 bits per heavy atom. The first kappa shape index (κ1) is 16.8. The Hall–Kier alpha value is -1.69.